The van der Waals surface area contributed by atoms with Gasteiger partial charge in [-0.05, 0) is 17.5 Å². The maximum atomic E-state index is 4.62. The van der Waals surface area contributed by atoms with Crippen molar-refractivity contribution in [2.24, 2.45) is 7.05 Å². The lowest BCUT2D eigenvalue weighted by molar-refractivity contribution is 0.774. The number of rotatable bonds is 5. The third-order valence-electron chi connectivity index (χ3n) is 4.37. The predicted octanol–water partition coefficient (Wildman–Crippen LogP) is 4.00. The minimum Gasteiger partial charge on any atom is -0.323 e. The highest BCUT2D eigenvalue weighted by molar-refractivity contribution is 5.74. The van der Waals surface area contributed by atoms with E-state index in [9.17, 15) is 0 Å². The molecule has 139 valence electrons. The molecule has 0 aliphatic carbocycles. The fourth-order valence-electron chi connectivity index (χ4n) is 2.79. The molecule has 0 atom stereocenters. The SMILES string of the molecule is CC(C)c1cncc(Nc2c(-c3ncc(-c4cc[c]cc4)cn3)cnn2C)n1. The number of hydrogen-bond donors (Lipinski definition) is 1. The normalized spacial score (nSPS) is 11.0. The molecule has 0 aliphatic rings. The molecule has 0 spiro atoms. The monoisotopic (exact) mass is 370 g/mol. The molecule has 0 unspecified atom stereocenters. The van der Waals surface area contributed by atoms with E-state index in [2.05, 4.69) is 50.3 Å². The first kappa shape index (κ1) is 17.8. The van der Waals surface area contributed by atoms with E-state index >= 15 is 0 Å². The second-order valence-corrected chi connectivity index (χ2v) is 6.72. The van der Waals surface area contributed by atoms with Gasteiger partial charge in [-0.15, -0.1) is 0 Å². The molecule has 7 nitrogen and oxygen atoms in total. The summed E-state index contributed by atoms with van der Waals surface area (Å²) in [4.78, 5) is 18.0. The van der Waals surface area contributed by atoms with Crippen LogP contribution in [0, 0.1) is 6.07 Å². The van der Waals surface area contributed by atoms with Gasteiger partial charge in [-0.2, -0.15) is 5.10 Å². The van der Waals surface area contributed by atoms with Gasteiger partial charge in [0.25, 0.3) is 0 Å². The van der Waals surface area contributed by atoms with Gasteiger partial charge in [0.05, 0.1) is 23.7 Å². The highest BCUT2D eigenvalue weighted by Gasteiger charge is 2.15. The topological polar surface area (TPSA) is 81.4 Å². The summed E-state index contributed by atoms with van der Waals surface area (Å²) < 4.78 is 1.74. The second-order valence-electron chi connectivity index (χ2n) is 6.72. The van der Waals surface area contributed by atoms with E-state index in [4.69, 9.17) is 0 Å². The van der Waals surface area contributed by atoms with Crippen molar-refractivity contribution >= 4 is 11.6 Å². The van der Waals surface area contributed by atoms with E-state index in [1.54, 1.807) is 23.3 Å². The van der Waals surface area contributed by atoms with E-state index in [1.807, 2.05) is 43.7 Å². The highest BCUT2D eigenvalue weighted by atomic mass is 15.3. The number of nitrogens with one attached hydrogen (secondary N) is 1. The highest BCUT2D eigenvalue weighted by Crippen LogP contribution is 2.28. The van der Waals surface area contributed by atoms with Crippen LogP contribution < -0.4 is 5.32 Å². The molecule has 7 heteroatoms. The molecule has 0 aliphatic heterocycles. The molecule has 1 N–H and O–H groups in total. The van der Waals surface area contributed by atoms with Crippen LogP contribution in [0.15, 0.2) is 55.2 Å². The zero-order chi connectivity index (χ0) is 19.5. The van der Waals surface area contributed by atoms with Gasteiger partial charge in [0.15, 0.2) is 5.82 Å². The van der Waals surface area contributed by atoms with Crippen LogP contribution in [0.4, 0.5) is 11.6 Å². The average molecular weight is 370 g/mol. The lowest BCUT2D eigenvalue weighted by atomic mass is 10.1. The van der Waals surface area contributed by atoms with Crippen molar-refractivity contribution in [3.8, 4) is 22.5 Å². The van der Waals surface area contributed by atoms with Crippen molar-refractivity contribution in [2.45, 2.75) is 19.8 Å². The van der Waals surface area contributed by atoms with Crippen LogP contribution in [0.2, 0.25) is 0 Å². The Balaban J connectivity index is 1.64. The maximum absolute atomic E-state index is 4.62. The Labute approximate surface area is 163 Å². The minimum absolute atomic E-state index is 0.298. The molecule has 1 radical (unpaired) electrons. The number of anilines is 2. The molecule has 1 aromatic carbocycles. The van der Waals surface area contributed by atoms with Gasteiger partial charge in [-0.3, -0.25) is 9.67 Å². The van der Waals surface area contributed by atoms with Crippen LogP contribution >= 0.6 is 0 Å². The van der Waals surface area contributed by atoms with Crippen LogP contribution in [0.5, 0.6) is 0 Å². The summed E-state index contributed by atoms with van der Waals surface area (Å²) in [5, 5.41) is 7.65. The zero-order valence-electron chi connectivity index (χ0n) is 16.0. The van der Waals surface area contributed by atoms with Crippen LogP contribution in [0.3, 0.4) is 0 Å². The Hall–Kier alpha value is -3.61. The number of aryl methyl sites for hydroxylation is 1. The molecular formula is C21H20N7. The summed E-state index contributed by atoms with van der Waals surface area (Å²) in [5.41, 5.74) is 3.73. The van der Waals surface area contributed by atoms with E-state index in [0.717, 1.165) is 28.2 Å². The second kappa shape index (κ2) is 7.56. The van der Waals surface area contributed by atoms with Crippen LogP contribution in [-0.4, -0.2) is 29.7 Å². The standard InChI is InChI=1S/C21H20N7/c1-14(2)18-12-22-13-19(26-18)27-21-17(11-25-28(21)3)20-23-9-16(10-24-20)15-7-5-4-6-8-15/h5-14H,1-3H3,(H,26,27). The zero-order valence-corrected chi connectivity index (χ0v) is 16.0. The van der Waals surface area contributed by atoms with Gasteiger partial charge in [-0.25, -0.2) is 15.0 Å². The minimum atomic E-state index is 0.298. The average Bonchev–Trinajstić information content (AvgIpc) is 3.09. The molecule has 0 fully saturated rings. The molecule has 4 aromatic rings. The van der Waals surface area contributed by atoms with Crippen LogP contribution in [0.25, 0.3) is 22.5 Å². The van der Waals surface area contributed by atoms with Crippen molar-refractivity contribution in [1.82, 2.24) is 29.7 Å². The van der Waals surface area contributed by atoms with Crippen LogP contribution in [0.1, 0.15) is 25.5 Å². The van der Waals surface area contributed by atoms with Crippen molar-refractivity contribution in [1.29, 1.82) is 0 Å². The lowest BCUT2D eigenvalue weighted by Crippen LogP contribution is -2.05. The van der Waals surface area contributed by atoms with Gasteiger partial charge >= 0.3 is 0 Å². The van der Waals surface area contributed by atoms with Crippen LogP contribution in [-0.2, 0) is 7.05 Å². The molecule has 0 bridgehead atoms. The number of benzene rings is 1. The Bertz CT molecular complexity index is 1070. The summed E-state index contributed by atoms with van der Waals surface area (Å²) >= 11 is 0. The van der Waals surface area contributed by atoms with E-state index < -0.39 is 0 Å². The van der Waals surface area contributed by atoms with Crippen molar-refractivity contribution < 1.29 is 0 Å². The Morgan fingerprint density at radius 2 is 1.71 bits per heavy atom. The van der Waals surface area contributed by atoms with Gasteiger partial charge in [0, 0.05) is 31.2 Å². The Morgan fingerprint density at radius 3 is 2.43 bits per heavy atom. The number of nitrogens with zero attached hydrogens (tertiary/aromatic N) is 6. The first-order valence-electron chi connectivity index (χ1n) is 9.01. The Kier molecular flexibility index (Phi) is 4.80. The third kappa shape index (κ3) is 3.59. The van der Waals surface area contributed by atoms with Crippen molar-refractivity contribution in [3.63, 3.8) is 0 Å². The molecule has 0 saturated carbocycles. The van der Waals surface area contributed by atoms with Crippen molar-refractivity contribution in [2.75, 3.05) is 5.32 Å². The van der Waals surface area contributed by atoms with Gasteiger partial charge < -0.3 is 5.32 Å². The van der Waals surface area contributed by atoms with Gasteiger partial charge in [0.1, 0.15) is 11.6 Å². The fourth-order valence-corrected chi connectivity index (χ4v) is 2.79. The Morgan fingerprint density at radius 1 is 0.964 bits per heavy atom. The fraction of sp³-hybridized carbons (Fsp3) is 0.190. The summed E-state index contributed by atoms with van der Waals surface area (Å²) in [6, 6.07) is 10.7. The van der Waals surface area contributed by atoms with E-state index in [-0.39, 0.29) is 0 Å². The molecule has 3 heterocycles. The maximum Gasteiger partial charge on any atom is 0.164 e. The van der Waals surface area contributed by atoms with E-state index in [1.165, 1.54) is 0 Å². The smallest absolute Gasteiger partial charge is 0.164 e. The lowest BCUT2D eigenvalue weighted by Gasteiger charge is -2.10. The summed E-state index contributed by atoms with van der Waals surface area (Å²) in [5.74, 6) is 2.31. The molecule has 0 amide bonds. The molecule has 28 heavy (non-hydrogen) atoms. The van der Waals surface area contributed by atoms with Crippen molar-refractivity contribution in [3.05, 3.63) is 67.0 Å². The number of aromatic nitrogens is 6. The molecule has 4 rings (SSSR count). The predicted molar refractivity (Wildman–Crippen MR) is 108 cm³/mol. The summed E-state index contributed by atoms with van der Waals surface area (Å²) in [6.07, 6.45) is 8.85. The molecule has 0 saturated heterocycles. The quantitative estimate of drug-likeness (QED) is 0.572. The van der Waals surface area contributed by atoms with E-state index in [0.29, 0.717) is 17.6 Å². The third-order valence-corrected chi connectivity index (χ3v) is 4.37. The van der Waals surface area contributed by atoms with Gasteiger partial charge in [0.2, 0.25) is 0 Å². The molecular weight excluding hydrogens is 350 g/mol. The summed E-state index contributed by atoms with van der Waals surface area (Å²) in [6.45, 7) is 4.17. The van der Waals surface area contributed by atoms with Gasteiger partial charge in [-0.1, -0.05) is 38.1 Å². The summed E-state index contributed by atoms with van der Waals surface area (Å²) in [7, 11) is 1.86. The molecule has 3 aromatic heterocycles. The first-order chi connectivity index (χ1) is 13.6. The number of hydrogen-bond acceptors (Lipinski definition) is 6. The largest absolute Gasteiger partial charge is 0.323 e. The first-order valence-corrected chi connectivity index (χ1v) is 9.01.